The molecule has 0 spiro atoms. The van der Waals surface area contributed by atoms with Crippen LogP contribution in [-0.4, -0.2) is 30.2 Å². The molecule has 0 aliphatic carbocycles. The van der Waals surface area contributed by atoms with Gasteiger partial charge in [0.15, 0.2) is 0 Å². The van der Waals surface area contributed by atoms with Crippen molar-refractivity contribution in [2.75, 3.05) is 13.2 Å². The minimum atomic E-state index is -0.223. The second-order valence-corrected chi connectivity index (χ2v) is 5.30. The van der Waals surface area contributed by atoms with Crippen molar-refractivity contribution in [3.05, 3.63) is 47.0 Å². The molecule has 1 aromatic carbocycles. The molecule has 0 aromatic heterocycles. The second kappa shape index (κ2) is 6.84. The third-order valence-corrected chi connectivity index (χ3v) is 3.45. The first-order valence-electron chi connectivity index (χ1n) is 6.23. The van der Waals surface area contributed by atoms with E-state index in [0.29, 0.717) is 19.7 Å². The summed E-state index contributed by atoms with van der Waals surface area (Å²) in [6, 6.07) is 7.76. The highest BCUT2D eigenvalue weighted by atomic mass is 79.9. The summed E-state index contributed by atoms with van der Waals surface area (Å²) in [5.74, 6) is 0.0269. The van der Waals surface area contributed by atoms with Gasteiger partial charge in [0.05, 0.1) is 13.2 Å². The van der Waals surface area contributed by atoms with Gasteiger partial charge in [-0.3, -0.25) is 9.63 Å². The highest BCUT2D eigenvalue weighted by Crippen LogP contribution is 2.17. The van der Waals surface area contributed by atoms with Crippen LogP contribution in [0.1, 0.15) is 12.0 Å². The highest BCUT2D eigenvalue weighted by Gasteiger charge is 2.31. The van der Waals surface area contributed by atoms with E-state index in [1.165, 1.54) is 0 Å². The number of hydrogen-bond acceptors (Lipinski definition) is 3. The van der Waals surface area contributed by atoms with E-state index in [1.54, 1.807) is 11.1 Å². The smallest absolute Gasteiger partial charge is 0.239 e. The van der Waals surface area contributed by atoms with Gasteiger partial charge in [-0.25, -0.2) is 0 Å². The zero-order valence-electron chi connectivity index (χ0n) is 10.6. The van der Waals surface area contributed by atoms with Gasteiger partial charge in [0.1, 0.15) is 6.04 Å². The maximum Gasteiger partial charge on any atom is 0.239 e. The van der Waals surface area contributed by atoms with Crippen LogP contribution in [-0.2, 0) is 16.2 Å². The fraction of sp³-hybridized carbons (Fsp3) is 0.357. The van der Waals surface area contributed by atoms with Crippen LogP contribution >= 0.6 is 15.9 Å². The van der Waals surface area contributed by atoms with Gasteiger partial charge in [-0.2, -0.15) is 5.06 Å². The van der Waals surface area contributed by atoms with Crippen molar-refractivity contribution in [1.82, 2.24) is 10.4 Å². The molecule has 0 saturated carbocycles. The summed E-state index contributed by atoms with van der Waals surface area (Å²) >= 11 is 3.45. The molecular formula is C14H17BrN2O2. The minimum Gasteiger partial charge on any atom is -0.355 e. The Morgan fingerprint density at radius 3 is 3.05 bits per heavy atom. The van der Waals surface area contributed by atoms with Crippen molar-refractivity contribution < 1.29 is 9.63 Å². The van der Waals surface area contributed by atoms with E-state index in [-0.39, 0.29) is 11.9 Å². The maximum absolute atomic E-state index is 11.8. The molecule has 0 radical (unpaired) electrons. The number of carbonyl (C=O) groups excluding carboxylic acids is 1. The van der Waals surface area contributed by atoms with E-state index in [2.05, 4.69) is 27.8 Å². The number of amides is 1. The number of halogens is 1. The molecule has 0 bridgehead atoms. The summed E-state index contributed by atoms with van der Waals surface area (Å²) in [6.45, 7) is 5.32. The van der Waals surface area contributed by atoms with Gasteiger partial charge >= 0.3 is 0 Å². The molecule has 1 aromatic rings. The number of rotatable bonds is 6. The SMILES string of the molecule is C=CCON(Cc1cccc(Br)c1)C1CCNC1=O. The van der Waals surface area contributed by atoms with Crippen LogP contribution < -0.4 is 5.32 Å². The lowest BCUT2D eigenvalue weighted by molar-refractivity contribution is -0.186. The van der Waals surface area contributed by atoms with Gasteiger partial charge < -0.3 is 5.32 Å². The van der Waals surface area contributed by atoms with Crippen LogP contribution in [0.25, 0.3) is 0 Å². The Morgan fingerprint density at radius 1 is 1.58 bits per heavy atom. The summed E-state index contributed by atoms with van der Waals surface area (Å²) in [4.78, 5) is 17.4. The number of nitrogens with zero attached hydrogens (tertiary/aromatic N) is 1. The molecule has 1 amide bonds. The Balaban J connectivity index is 2.08. The quantitative estimate of drug-likeness (QED) is 0.644. The normalized spacial score (nSPS) is 18.6. The Morgan fingerprint density at radius 2 is 2.42 bits per heavy atom. The number of hydrogen-bond donors (Lipinski definition) is 1. The molecule has 1 unspecified atom stereocenters. The first kappa shape index (κ1) is 14.2. The van der Waals surface area contributed by atoms with E-state index in [4.69, 9.17) is 4.84 Å². The molecule has 1 heterocycles. The largest absolute Gasteiger partial charge is 0.355 e. The van der Waals surface area contributed by atoms with Crippen LogP contribution in [0.2, 0.25) is 0 Å². The van der Waals surface area contributed by atoms with Crippen molar-refractivity contribution >= 4 is 21.8 Å². The monoisotopic (exact) mass is 324 g/mol. The molecule has 1 aliphatic rings. The molecule has 5 heteroatoms. The zero-order valence-corrected chi connectivity index (χ0v) is 12.2. The molecule has 1 saturated heterocycles. The van der Waals surface area contributed by atoms with Gasteiger partial charge in [0.25, 0.3) is 0 Å². The van der Waals surface area contributed by atoms with E-state index < -0.39 is 0 Å². The van der Waals surface area contributed by atoms with Gasteiger partial charge in [0.2, 0.25) is 5.91 Å². The fourth-order valence-electron chi connectivity index (χ4n) is 2.07. The predicted octanol–water partition coefficient (Wildman–Crippen LogP) is 2.26. The molecule has 1 aliphatic heterocycles. The highest BCUT2D eigenvalue weighted by molar-refractivity contribution is 9.10. The van der Waals surface area contributed by atoms with Crippen LogP contribution in [0.4, 0.5) is 0 Å². The third kappa shape index (κ3) is 3.89. The number of benzene rings is 1. The summed E-state index contributed by atoms with van der Waals surface area (Å²) in [5, 5.41) is 4.57. The van der Waals surface area contributed by atoms with Crippen LogP contribution in [0.3, 0.4) is 0 Å². The zero-order chi connectivity index (χ0) is 13.7. The molecule has 19 heavy (non-hydrogen) atoms. The molecule has 102 valence electrons. The van der Waals surface area contributed by atoms with Crippen LogP contribution in [0, 0.1) is 0 Å². The molecule has 4 nitrogen and oxygen atoms in total. The van der Waals surface area contributed by atoms with Crippen molar-refractivity contribution in [2.45, 2.75) is 19.0 Å². The minimum absolute atomic E-state index is 0.0269. The van der Waals surface area contributed by atoms with Crippen molar-refractivity contribution in [3.8, 4) is 0 Å². The molecule has 1 atom stereocenters. The van der Waals surface area contributed by atoms with Gasteiger partial charge in [0, 0.05) is 11.0 Å². The molecular weight excluding hydrogens is 308 g/mol. The van der Waals surface area contributed by atoms with Gasteiger partial charge in [-0.15, -0.1) is 6.58 Å². The van der Waals surface area contributed by atoms with Crippen LogP contribution in [0.15, 0.2) is 41.4 Å². The standard InChI is InChI=1S/C14H17BrN2O2/c1-2-8-19-17(13-6-7-16-14(13)18)10-11-4-3-5-12(15)9-11/h2-5,9,13H,1,6-8,10H2,(H,16,18). The van der Waals surface area contributed by atoms with Gasteiger partial charge in [-0.05, 0) is 24.1 Å². The van der Waals surface area contributed by atoms with E-state index >= 15 is 0 Å². The lowest BCUT2D eigenvalue weighted by Gasteiger charge is -2.25. The van der Waals surface area contributed by atoms with E-state index in [0.717, 1.165) is 16.5 Å². The average molecular weight is 325 g/mol. The molecule has 1 fully saturated rings. The van der Waals surface area contributed by atoms with Crippen LogP contribution in [0.5, 0.6) is 0 Å². The number of hydroxylamine groups is 2. The van der Waals surface area contributed by atoms with Crippen molar-refractivity contribution in [1.29, 1.82) is 0 Å². The third-order valence-electron chi connectivity index (χ3n) is 2.95. The fourth-order valence-corrected chi connectivity index (χ4v) is 2.51. The molecule has 2 rings (SSSR count). The lowest BCUT2D eigenvalue weighted by atomic mass is 10.2. The van der Waals surface area contributed by atoms with Crippen molar-refractivity contribution in [2.24, 2.45) is 0 Å². The summed E-state index contributed by atoms with van der Waals surface area (Å²) in [6.07, 6.45) is 2.45. The summed E-state index contributed by atoms with van der Waals surface area (Å²) in [7, 11) is 0. The number of nitrogens with one attached hydrogen (secondary N) is 1. The summed E-state index contributed by atoms with van der Waals surface area (Å²) in [5.41, 5.74) is 1.10. The Labute approximate surface area is 121 Å². The van der Waals surface area contributed by atoms with Crippen molar-refractivity contribution in [3.63, 3.8) is 0 Å². The summed E-state index contributed by atoms with van der Waals surface area (Å²) < 4.78 is 1.02. The second-order valence-electron chi connectivity index (χ2n) is 4.39. The van der Waals surface area contributed by atoms with E-state index in [9.17, 15) is 4.79 Å². The van der Waals surface area contributed by atoms with Gasteiger partial charge in [-0.1, -0.05) is 34.1 Å². The first-order valence-corrected chi connectivity index (χ1v) is 7.02. The lowest BCUT2D eigenvalue weighted by Crippen LogP contribution is -2.40. The predicted molar refractivity (Wildman–Crippen MR) is 77.2 cm³/mol. The number of carbonyl (C=O) groups is 1. The Bertz CT molecular complexity index is 465. The molecule has 1 N–H and O–H groups in total. The Hall–Kier alpha value is -1.17. The Kier molecular flexibility index (Phi) is 5.13. The average Bonchev–Trinajstić information content (AvgIpc) is 2.81. The maximum atomic E-state index is 11.8. The topological polar surface area (TPSA) is 41.6 Å². The van der Waals surface area contributed by atoms with E-state index in [1.807, 2.05) is 24.3 Å². The first-order chi connectivity index (χ1) is 9.20.